The SMILES string of the molecule is C/C(=N\NC(=O)C1=CCC(C(=O)O)S1)c1nn(C)c(-c2ccc(Cl)c(Cl)c2)c1O. The first-order valence-electron chi connectivity index (χ1n) is 8.35. The molecule has 0 aliphatic carbocycles. The molecule has 0 bridgehead atoms. The van der Waals surface area contributed by atoms with Gasteiger partial charge in [0.1, 0.15) is 10.9 Å². The number of carbonyl (C=O) groups is 2. The highest BCUT2D eigenvalue weighted by Crippen LogP contribution is 2.35. The molecular weight excluding hydrogens is 439 g/mol. The number of benzene rings is 1. The summed E-state index contributed by atoms with van der Waals surface area (Å²) < 4.78 is 1.47. The van der Waals surface area contributed by atoms with Gasteiger partial charge in [0.05, 0.1) is 20.7 Å². The van der Waals surface area contributed by atoms with Gasteiger partial charge in [-0.15, -0.1) is 11.8 Å². The van der Waals surface area contributed by atoms with Crippen LogP contribution < -0.4 is 5.43 Å². The lowest BCUT2D eigenvalue weighted by atomic mass is 10.1. The monoisotopic (exact) mass is 454 g/mol. The van der Waals surface area contributed by atoms with E-state index in [0.29, 0.717) is 21.3 Å². The number of nitrogens with one attached hydrogen (secondary N) is 1. The number of aliphatic carboxylic acids is 1. The summed E-state index contributed by atoms with van der Waals surface area (Å²) in [4.78, 5) is 23.5. The maximum Gasteiger partial charge on any atom is 0.317 e. The van der Waals surface area contributed by atoms with Crippen LogP contribution >= 0.6 is 35.0 Å². The van der Waals surface area contributed by atoms with E-state index >= 15 is 0 Å². The minimum atomic E-state index is -0.970. The molecule has 1 amide bonds. The minimum Gasteiger partial charge on any atom is -0.504 e. The van der Waals surface area contributed by atoms with Crippen molar-refractivity contribution < 1.29 is 19.8 Å². The van der Waals surface area contributed by atoms with E-state index in [1.807, 2.05) is 0 Å². The third kappa shape index (κ3) is 4.42. The molecular formula is C18H16Cl2N4O4S. The lowest BCUT2D eigenvalue weighted by Gasteiger charge is -2.05. The van der Waals surface area contributed by atoms with Crippen molar-refractivity contribution in [3.63, 3.8) is 0 Å². The van der Waals surface area contributed by atoms with E-state index in [4.69, 9.17) is 28.3 Å². The molecule has 8 nitrogen and oxygen atoms in total. The first kappa shape index (κ1) is 21.2. The Morgan fingerprint density at radius 2 is 2.07 bits per heavy atom. The van der Waals surface area contributed by atoms with Gasteiger partial charge in [0.25, 0.3) is 5.91 Å². The molecule has 1 atom stereocenters. The van der Waals surface area contributed by atoms with Crippen LogP contribution in [0.4, 0.5) is 0 Å². The average Bonchev–Trinajstić information content (AvgIpc) is 3.27. The summed E-state index contributed by atoms with van der Waals surface area (Å²) in [6.45, 7) is 1.58. The molecule has 3 N–H and O–H groups in total. The number of amides is 1. The van der Waals surface area contributed by atoms with Crippen LogP contribution in [0.3, 0.4) is 0 Å². The third-order valence-electron chi connectivity index (χ3n) is 4.17. The lowest BCUT2D eigenvalue weighted by molar-refractivity contribution is -0.136. The summed E-state index contributed by atoms with van der Waals surface area (Å²) in [5.41, 5.74) is 3.85. The van der Waals surface area contributed by atoms with Gasteiger partial charge in [0.15, 0.2) is 11.4 Å². The van der Waals surface area contributed by atoms with Crippen molar-refractivity contribution in [2.24, 2.45) is 12.1 Å². The van der Waals surface area contributed by atoms with Crippen molar-refractivity contribution in [2.75, 3.05) is 0 Å². The Hall–Kier alpha value is -2.49. The van der Waals surface area contributed by atoms with Crippen LogP contribution in [0.1, 0.15) is 19.0 Å². The summed E-state index contributed by atoms with van der Waals surface area (Å²) >= 11 is 13.0. The molecule has 1 aliphatic rings. The van der Waals surface area contributed by atoms with Crippen molar-refractivity contribution in [1.82, 2.24) is 15.2 Å². The number of halogens is 2. The second kappa shape index (κ2) is 8.48. The molecule has 29 heavy (non-hydrogen) atoms. The van der Waals surface area contributed by atoms with Crippen molar-refractivity contribution in [3.8, 4) is 17.0 Å². The molecule has 2 aromatic rings. The van der Waals surface area contributed by atoms with Crippen LogP contribution in [0.5, 0.6) is 5.75 Å². The Morgan fingerprint density at radius 1 is 1.34 bits per heavy atom. The molecule has 152 valence electrons. The lowest BCUT2D eigenvalue weighted by Crippen LogP contribution is -2.20. The molecule has 0 spiro atoms. The van der Waals surface area contributed by atoms with Crippen LogP contribution in [0.25, 0.3) is 11.3 Å². The smallest absolute Gasteiger partial charge is 0.317 e. The Kier molecular flexibility index (Phi) is 6.21. The molecule has 1 aliphatic heterocycles. The minimum absolute atomic E-state index is 0.123. The molecule has 0 saturated carbocycles. The van der Waals surface area contributed by atoms with Gasteiger partial charge < -0.3 is 10.2 Å². The summed E-state index contributed by atoms with van der Waals surface area (Å²) in [6.07, 6.45) is 1.84. The van der Waals surface area contributed by atoms with Crippen LogP contribution in [-0.2, 0) is 16.6 Å². The summed E-state index contributed by atoms with van der Waals surface area (Å²) in [6, 6.07) is 4.93. The fraction of sp³-hybridized carbons (Fsp3) is 0.222. The number of thioether (sulfide) groups is 1. The number of allylic oxidation sites excluding steroid dienone is 1. The number of hydrazone groups is 1. The van der Waals surface area contributed by atoms with Gasteiger partial charge in [-0.1, -0.05) is 35.3 Å². The molecule has 2 heterocycles. The molecule has 11 heteroatoms. The molecule has 1 aromatic heterocycles. The molecule has 1 unspecified atom stereocenters. The number of rotatable bonds is 5. The number of aryl methyl sites for hydroxylation is 1. The zero-order chi connectivity index (χ0) is 21.3. The number of carboxylic acids is 1. The second-order valence-corrected chi connectivity index (χ2v) is 8.24. The van der Waals surface area contributed by atoms with E-state index in [0.717, 1.165) is 11.8 Å². The van der Waals surface area contributed by atoms with Gasteiger partial charge in [-0.3, -0.25) is 14.3 Å². The zero-order valence-corrected chi connectivity index (χ0v) is 17.6. The molecule has 1 aromatic carbocycles. The second-order valence-electron chi connectivity index (χ2n) is 6.19. The zero-order valence-electron chi connectivity index (χ0n) is 15.3. The van der Waals surface area contributed by atoms with Crippen molar-refractivity contribution in [3.05, 3.63) is 44.9 Å². The summed E-state index contributed by atoms with van der Waals surface area (Å²) in [5, 5.41) is 27.9. The number of hydrogen-bond donors (Lipinski definition) is 3. The van der Waals surface area contributed by atoms with Crippen molar-refractivity contribution in [1.29, 1.82) is 0 Å². The van der Waals surface area contributed by atoms with E-state index in [1.165, 1.54) is 4.68 Å². The van der Waals surface area contributed by atoms with Crippen LogP contribution in [-0.4, -0.2) is 42.8 Å². The van der Waals surface area contributed by atoms with Crippen molar-refractivity contribution in [2.45, 2.75) is 18.6 Å². The fourth-order valence-electron chi connectivity index (χ4n) is 2.73. The maximum absolute atomic E-state index is 12.2. The number of nitrogens with zero attached hydrogens (tertiary/aromatic N) is 3. The predicted molar refractivity (Wildman–Crippen MR) is 112 cm³/mol. The van der Waals surface area contributed by atoms with E-state index in [-0.39, 0.29) is 28.5 Å². The number of carbonyl (C=O) groups excluding carboxylic acids is 1. The highest BCUT2D eigenvalue weighted by Gasteiger charge is 2.28. The van der Waals surface area contributed by atoms with Gasteiger partial charge in [-0.25, -0.2) is 5.43 Å². The van der Waals surface area contributed by atoms with Crippen LogP contribution in [0.2, 0.25) is 10.0 Å². The third-order valence-corrected chi connectivity index (χ3v) is 6.19. The number of aromatic nitrogens is 2. The largest absolute Gasteiger partial charge is 0.504 e. The Balaban J connectivity index is 1.79. The topological polar surface area (TPSA) is 117 Å². The number of hydrogen-bond acceptors (Lipinski definition) is 6. The van der Waals surface area contributed by atoms with Crippen LogP contribution in [0, 0.1) is 0 Å². The highest BCUT2D eigenvalue weighted by atomic mass is 35.5. The van der Waals surface area contributed by atoms with E-state index in [1.54, 1.807) is 38.2 Å². The van der Waals surface area contributed by atoms with E-state index in [2.05, 4.69) is 15.6 Å². The molecule has 0 fully saturated rings. The fourth-order valence-corrected chi connectivity index (χ4v) is 3.97. The van der Waals surface area contributed by atoms with Crippen molar-refractivity contribution >= 4 is 52.6 Å². The Morgan fingerprint density at radius 3 is 2.69 bits per heavy atom. The summed E-state index contributed by atoms with van der Waals surface area (Å²) in [7, 11) is 1.65. The Bertz CT molecular complexity index is 1060. The normalized spacial score (nSPS) is 16.6. The molecule has 0 radical (unpaired) electrons. The van der Waals surface area contributed by atoms with Gasteiger partial charge in [0, 0.05) is 12.6 Å². The van der Waals surface area contributed by atoms with Gasteiger partial charge >= 0.3 is 5.97 Å². The predicted octanol–water partition coefficient (Wildman–Crippen LogP) is 3.41. The molecule has 0 saturated heterocycles. The highest BCUT2D eigenvalue weighted by molar-refractivity contribution is 8.05. The first-order chi connectivity index (χ1) is 13.7. The number of aromatic hydroxyl groups is 1. The van der Waals surface area contributed by atoms with E-state index in [9.17, 15) is 14.7 Å². The van der Waals surface area contributed by atoms with Crippen LogP contribution in [0.15, 0.2) is 34.3 Å². The average molecular weight is 455 g/mol. The summed E-state index contributed by atoms with van der Waals surface area (Å²) in [5.74, 6) is -1.61. The van der Waals surface area contributed by atoms with Gasteiger partial charge in [-0.05, 0) is 25.5 Å². The Labute approximate surface area is 180 Å². The van der Waals surface area contributed by atoms with E-state index < -0.39 is 17.1 Å². The van der Waals surface area contributed by atoms with Gasteiger partial charge in [-0.2, -0.15) is 10.2 Å². The maximum atomic E-state index is 12.2. The standard InChI is InChI=1S/C18H16Cl2N4O4S/c1-8(21-22-17(26)12-5-6-13(29-12)18(27)28)14-16(25)15(24(2)23-14)9-3-4-10(19)11(20)7-9/h3-5,7,13,25H,6H2,1-2H3,(H,22,26)(H,27,28)/b21-8+. The quantitative estimate of drug-likeness (QED) is 0.470. The first-order valence-corrected chi connectivity index (χ1v) is 9.98. The van der Waals surface area contributed by atoms with Gasteiger partial charge in [0.2, 0.25) is 0 Å². The number of carboxylic acid groups (broad SMARTS) is 1. The molecule has 3 rings (SSSR count).